The molecule has 0 amide bonds. The highest BCUT2D eigenvalue weighted by Crippen LogP contribution is 2.03. The SMILES string of the molecule is CCC(C)(C)O.CCCCOCCO. The summed E-state index contributed by atoms with van der Waals surface area (Å²) >= 11 is 0. The smallest absolute Gasteiger partial charge is 0.0697 e. The first kappa shape index (κ1) is 16.3. The molecule has 0 aliphatic carbocycles. The van der Waals surface area contributed by atoms with E-state index in [1.165, 1.54) is 0 Å². The maximum absolute atomic E-state index is 8.83. The van der Waals surface area contributed by atoms with Crippen LogP contribution in [-0.2, 0) is 4.74 Å². The molecule has 14 heavy (non-hydrogen) atoms. The number of ether oxygens (including phenoxy) is 1. The molecule has 0 spiro atoms. The molecule has 0 aromatic rings. The summed E-state index contributed by atoms with van der Waals surface area (Å²) in [6.07, 6.45) is 3.08. The number of hydrogen-bond acceptors (Lipinski definition) is 3. The first-order valence-electron chi connectivity index (χ1n) is 5.38. The van der Waals surface area contributed by atoms with Crippen LogP contribution in [-0.4, -0.2) is 35.6 Å². The highest BCUT2D eigenvalue weighted by molar-refractivity contribution is 4.59. The predicted molar refractivity (Wildman–Crippen MR) is 59.4 cm³/mol. The van der Waals surface area contributed by atoms with E-state index in [9.17, 15) is 0 Å². The van der Waals surface area contributed by atoms with Crippen molar-refractivity contribution >= 4 is 0 Å². The van der Waals surface area contributed by atoms with Crippen LogP contribution in [0.4, 0.5) is 0 Å². The number of hydrogen-bond donors (Lipinski definition) is 2. The lowest BCUT2D eigenvalue weighted by molar-refractivity contribution is 0.0765. The molecule has 0 aromatic carbocycles. The van der Waals surface area contributed by atoms with Crippen LogP contribution >= 0.6 is 0 Å². The number of aliphatic hydroxyl groups is 2. The van der Waals surface area contributed by atoms with Gasteiger partial charge >= 0.3 is 0 Å². The van der Waals surface area contributed by atoms with Crippen LogP contribution in [0.3, 0.4) is 0 Å². The van der Waals surface area contributed by atoms with Crippen molar-refractivity contribution in [1.82, 2.24) is 0 Å². The van der Waals surface area contributed by atoms with E-state index in [4.69, 9.17) is 14.9 Å². The molecule has 2 N–H and O–H groups in total. The van der Waals surface area contributed by atoms with Crippen LogP contribution in [0.25, 0.3) is 0 Å². The van der Waals surface area contributed by atoms with Crippen molar-refractivity contribution in [2.75, 3.05) is 19.8 Å². The van der Waals surface area contributed by atoms with Gasteiger partial charge in [0.15, 0.2) is 0 Å². The van der Waals surface area contributed by atoms with Crippen LogP contribution in [0, 0.1) is 0 Å². The predicted octanol–water partition coefficient (Wildman–Crippen LogP) is 1.96. The summed E-state index contributed by atoms with van der Waals surface area (Å²) in [5, 5.41) is 17.1. The van der Waals surface area contributed by atoms with Gasteiger partial charge < -0.3 is 14.9 Å². The maximum atomic E-state index is 8.83. The summed E-state index contributed by atoms with van der Waals surface area (Å²) in [5.41, 5.74) is -0.458. The average Bonchev–Trinajstić information content (AvgIpc) is 2.13. The molecule has 0 aromatic heterocycles. The van der Waals surface area contributed by atoms with E-state index in [1.54, 1.807) is 13.8 Å². The Bertz CT molecular complexity index is 91.2. The average molecular weight is 206 g/mol. The molecule has 0 unspecified atom stereocenters. The van der Waals surface area contributed by atoms with Crippen molar-refractivity contribution in [2.45, 2.75) is 52.6 Å². The fourth-order valence-electron chi connectivity index (χ4n) is 0.413. The van der Waals surface area contributed by atoms with Gasteiger partial charge in [-0.15, -0.1) is 0 Å². The van der Waals surface area contributed by atoms with Gasteiger partial charge in [-0.3, -0.25) is 0 Å². The molecule has 0 saturated heterocycles. The molecule has 3 nitrogen and oxygen atoms in total. The minimum absolute atomic E-state index is 0.143. The van der Waals surface area contributed by atoms with Crippen molar-refractivity contribution in [3.63, 3.8) is 0 Å². The summed E-state index contributed by atoms with van der Waals surface area (Å²) in [4.78, 5) is 0. The first-order valence-corrected chi connectivity index (χ1v) is 5.38. The van der Waals surface area contributed by atoms with Gasteiger partial charge in [-0.2, -0.15) is 0 Å². The molecule has 0 radical (unpaired) electrons. The molecule has 0 atom stereocenters. The lowest BCUT2D eigenvalue weighted by Crippen LogP contribution is -2.15. The van der Waals surface area contributed by atoms with Crippen LogP contribution < -0.4 is 0 Å². The minimum Gasteiger partial charge on any atom is -0.394 e. The van der Waals surface area contributed by atoms with Gasteiger partial charge in [0.2, 0.25) is 0 Å². The van der Waals surface area contributed by atoms with Gasteiger partial charge in [-0.05, 0) is 26.7 Å². The van der Waals surface area contributed by atoms with Gasteiger partial charge in [0.1, 0.15) is 0 Å². The van der Waals surface area contributed by atoms with E-state index < -0.39 is 5.60 Å². The first-order chi connectivity index (χ1) is 6.47. The van der Waals surface area contributed by atoms with Gasteiger partial charge in [-0.1, -0.05) is 20.3 Å². The van der Waals surface area contributed by atoms with Crippen LogP contribution in [0.2, 0.25) is 0 Å². The zero-order valence-corrected chi connectivity index (χ0v) is 10.0. The monoisotopic (exact) mass is 206 g/mol. The molecule has 0 fully saturated rings. The van der Waals surface area contributed by atoms with E-state index in [0.717, 1.165) is 25.9 Å². The van der Waals surface area contributed by atoms with Crippen molar-refractivity contribution < 1.29 is 14.9 Å². The Morgan fingerprint density at radius 1 is 1.14 bits per heavy atom. The van der Waals surface area contributed by atoms with E-state index >= 15 is 0 Å². The van der Waals surface area contributed by atoms with Crippen molar-refractivity contribution in [3.8, 4) is 0 Å². The van der Waals surface area contributed by atoms with Crippen LogP contribution in [0.5, 0.6) is 0 Å². The van der Waals surface area contributed by atoms with E-state index in [-0.39, 0.29) is 6.61 Å². The molecule has 0 aliphatic heterocycles. The van der Waals surface area contributed by atoms with Gasteiger partial charge in [0.25, 0.3) is 0 Å². The van der Waals surface area contributed by atoms with E-state index in [0.29, 0.717) is 6.61 Å². The summed E-state index contributed by atoms with van der Waals surface area (Å²) in [7, 11) is 0. The van der Waals surface area contributed by atoms with E-state index in [1.807, 2.05) is 6.92 Å². The lowest BCUT2D eigenvalue weighted by atomic mass is 10.1. The fraction of sp³-hybridized carbons (Fsp3) is 1.00. The summed E-state index contributed by atoms with van der Waals surface area (Å²) in [6, 6.07) is 0. The van der Waals surface area contributed by atoms with Crippen molar-refractivity contribution in [2.24, 2.45) is 0 Å². The fourth-order valence-corrected chi connectivity index (χ4v) is 0.413. The second-order valence-electron chi connectivity index (χ2n) is 3.86. The minimum atomic E-state index is -0.458. The highest BCUT2D eigenvalue weighted by atomic mass is 16.5. The molecule has 0 saturated carbocycles. The molecule has 0 bridgehead atoms. The normalized spacial score (nSPS) is 10.7. The van der Waals surface area contributed by atoms with E-state index in [2.05, 4.69) is 6.92 Å². The topological polar surface area (TPSA) is 49.7 Å². The lowest BCUT2D eigenvalue weighted by Gasteiger charge is -2.11. The largest absolute Gasteiger partial charge is 0.394 e. The Morgan fingerprint density at radius 2 is 1.64 bits per heavy atom. The summed E-state index contributed by atoms with van der Waals surface area (Å²) in [5.74, 6) is 0. The number of aliphatic hydroxyl groups excluding tert-OH is 1. The van der Waals surface area contributed by atoms with Crippen molar-refractivity contribution in [3.05, 3.63) is 0 Å². The highest BCUT2D eigenvalue weighted by Gasteiger charge is 2.05. The summed E-state index contributed by atoms with van der Waals surface area (Å²) in [6.45, 7) is 9.09. The Labute approximate surface area is 88.1 Å². The van der Waals surface area contributed by atoms with Crippen LogP contribution in [0.1, 0.15) is 47.0 Å². The number of unbranched alkanes of at least 4 members (excludes halogenated alkanes) is 1. The molecule has 0 heterocycles. The number of rotatable bonds is 6. The molecule has 88 valence electrons. The Balaban J connectivity index is 0. The third kappa shape index (κ3) is 22.6. The van der Waals surface area contributed by atoms with Gasteiger partial charge in [0, 0.05) is 6.61 Å². The second-order valence-corrected chi connectivity index (χ2v) is 3.86. The molecule has 0 rings (SSSR count). The zero-order chi connectivity index (χ0) is 11.4. The molecular formula is C11H26O3. The van der Waals surface area contributed by atoms with Crippen molar-refractivity contribution in [1.29, 1.82) is 0 Å². The molecular weight excluding hydrogens is 180 g/mol. The van der Waals surface area contributed by atoms with Gasteiger partial charge in [-0.25, -0.2) is 0 Å². The zero-order valence-electron chi connectivity index (χ0n) is 10.0. The third-order valence-corrected chi connectivity index (χ3v) is 1.74. The Morgan fingerprint density at radius 3 is 1.93 bits per heavy atom. The van der Waals surface area contributed by atoms with Crippen LogP contribution in [0.15, 0.2) is 0 Å². The maximum Gasteiger partial charge on any atom is 0.0697 e. The van der Waals surface area contributed by atoms with Gasteiger partial charge in [0.05, 0.1) is 18.8 Å². The Kier molecular flexibility index (Phi) is 12.8. The quantitative estimate of drug-likeness (QED) is 0.653. The Hall–Kier alpha value is -0.120. The molecule has 3 heteroatoms. The third-order valence-electron chi connectivity index (χ3n) is 1.74. The summed E-state index contributed by atoms with van der Waals surface area (Å²) < 4.78 is 4.97. The standard InChI is InChI=1S/C6H14O2.C5H12O/c1-2-3-5-8-6-4-7;1-4-5(2,3)6/h7H,2-6H2,1H3;6H,4H2,1-3H3. The second kappa shape index (κ2) is 11.0. The molecule has 0 aliphatic rings.